The zero-order valence-electron chi connectivity index (χ0n) is 12.7. The fourth-order valence-corrected chi connectivity index (χ4v) is 3.04. The monoisotopic (exact) mass is 260 g/mol. The van der Waals surface area contributed by atoms with Crippen molar-refractivity contribution in [3.63, 3.8) is 0 Å². The Hall–Kier alpha value is -0.160. The van der Waals surface area contributed by atoms with Crippen molar-refractivity contribution < 1.29 is 19.5 Å². The topological polar surface area (TPSA) is 43.1 Å². The van der Waals surface area contributed by atoms with Crippen LogP contribution in [0.15, 0.2) is 0 Å². The van der Waals surface area contributed by atoms with Gasteiger partial charge in [0, 0.05) is 20.0 Å². The van der Waals surface area contributed by atoms with Gasteiger partial charge in [0.15, 0.2) is 0 Å². The van der Waals surface area contributed by atoms with Crippen LogP contribution in [0.3, 0.4) is 0 Å². The lowest BCUT2D eigenvalue weighted by Gasteiger charge is -2.50. The second-order valence-electron chi connectivity index (χ2n) is 6.87. The summed E-state index contributed by atoms with van der Waals surface area (Å²) in [5.74, 6) is 0. The highest BCUT2D eigenvalue weighted by molar-refractivity contribution is 4.86. The Labute approximate surface area is 111 Å². The number of hydrogen-bond donors (Lipinski definition) is 2. The molecule has 4 heteroatoms. The molecule has 1 saturated heterocycles. The molecule has 0 aromatic rings. The van der Waals surface area contributed by atoms with E-state index in [0.29, 0.717) is 13.2 Å². The van der Waals surface area contributed by atoms with Crippen molar-refractivity contribution >= 4 is 0 Å². The van der Waals surface area contributed by atoms with Gasteiger partial charge in [-0.2, -0.15) is 0 Å². The molecule has 0 spiro atoms. The van der Waals surface area contributed by atoms with Gasteiger partial charge in [-0.15, -0.1) is 0 Å². The molecule has 0 aromatic carbocycles. The van der Waals surface area contributed by atoms with E-state index in [1.54, 1.807) is 12.0 Å². The molecular weight excluding hydrogens is 230 g/mol. The highest BCUT2D eigenvalue weighted by Crippen LogP contribution is 2.25. The van der Waals surface area contributed by atoms with Gasteiger partial charge in [0.25, 0.3) is 0 Å². The Morgan fingerprint density at radius 2 is 1.67 bits per heavy atom. The quantitative estimate of drug-likeness (QED) is 0.744. The van der Waals surface area contributed by atoms with Crippen molar-refractivity contribution in [1.82, 2.24) is 0 Å². The van der Waals surface area contributed by atoms with Crippen molar-refractivity contribution in [1.29, 1.82) is 0 Å². The van der Waals surface area contributed by atoms with Gasteiger partial charge in [-0.05, 0) is 27.7 Å². The van der Waals surface area contributed by atoms with Crippen LogP contribution < -0.4 is 4.90 Å². The van der Waals surface area contributed by atoms with Gasteiger partial charge in [-0.1, -0.05) is 0 Å². The summed E-state index contributed by atoms with van der Waals surface area (Å²) < 4.78 is 10.8. The largest absolute Gasteiger partial charge is 0.388 e. The molecule has 0 aromatic heterocycles. The molecule has 2 N–H and O–H groups in total. The van der Waals surface area contributed by atoms with E-state index in [9.17, 15) is 5.11 Å². The van der Waals surface area contributed by atoms with Crippen LogP contribution in [0.2, 0.25) is 0 Å². The van der Waals surface area contributed by atoms with Crippen molar-refractivity contribution in [2.45, 2.75) is 63.8 Å². The van der Waals surface area contributed by atoms with Gasteiger partial charge in [0.05, 0.1) is 37.4 Å². The zero-order valence-corrected chi connectivity index (χ0v) is 12.7. The maximum absolute atomic E-state index is 9.64. The fourth-order valence-electron chi connectivity index (χ4n) is 3.04. The summed E-state index contributed by atoms with van der Waals surface area (Å²) in [4.78, 5) is 1.55. The summed E-state index contributed by atoms with van der Waals surface area (Å²) in [6, 6.07) is 0. The predicted octanol–water partition coefficient (Wildman–Crippen LogP) is 0.245. The summed E-state index contributed by atoms with van der Waals surface area (Å²) in [7, 11) is 3.85. The highest BCUT2D eigenvalue weighted by atomic mass is 16.5. The van der Waals surface area contributed by atoms with E-state index in [0.717, 1.165) is 12.8 Å². The first-order valence-corrected chi connectivity index (χ1v) is 6.82. The summed E-state index contributed by atoms with van der Waals surface area (Å²) in [6.07, 6.45) is 1.77. The minimum absolute atomic E-state index is 0.207. The zero-order chi connectivity index (χ0) is 14.0. The molecule has 1 aliphatic heterocycles. The molecule has 0 bridgehead atoms. The van der Waals surface area contributed by atoms with Crippen molar-refractivity contribution in [2.75, 3.05) is 27.4 Å². The molecule has 1 rings (SSSR count). The smallest absolute Gasteiger partial charge is 0.101 e. The van der Waals surface area contributed by atoms with E-state index < -0.39 is 6.10 Å². The average molecular weight is 260 g/mol. The Bertz CT molecular complexity index is 248. The number of hydrogen-bond acceptors (Lipinski definition) is 3. The molecule has 18 heavy (non-hydrogen) atoms. The Morgan fingerprint density at radius 1 is 1.17 bits per heavy atom. The van der Waals surface area contributed by atoms with Gasteiger partial charge in [-0.3, -0.25) is 0 Å². The van der Waals surface area contributed by atoms with E-state index >= 15 is 0 Å². The van der Waals surface area contributed by atoms with Gasteiger partial charge < -0.3 is 19.5 Å². The predicted molar refractivity (Wildman–Crippen MR) is 71.9 cm³/mol. The second kappa shape index (κ2) is 5.87. The van der Waals surface area contributed by atoms with Crippen molar-refractivity contribution in [3.8, 4) is 0 Å². The molecule has 1 atom stereocenters. The van der Waals surface area contributed by atoms with Crippen LogP contribution in [0.5, 0.6) is 0 Å². The Balaban J connectivity index is 2.53. The van der Waals surface area contributed by atoms with E-state index in [2.05, 4.69) is 34.7 Å². The van der Waals surface area contributed by atoms with Crippen molar-refractivity contribution in [3.05, 3.63) is 0 Å². The first-order chi connectivity index (χ1) is 8.19. The lowest BCUT2D eigenvalue weighted by Crippen LogP contribution is -3.24. The normalized spacial score (nSPS) is 32.2. The van der Waals surface area contributed by atoms with Crippen LogP contribution >= 0.6 is 0 Å². The first-order valence-electron chi connectivity index (χ1n) is 6.82. The lowest BCUT2D eigenvalue weighted by atomic mass is 9.79. The number of likely N-dealkylation sites (tertiary alicyclic amines) is 1. The maximum Gasteiger partial charge on any atom is 0.101 e. The number of nitrogens with one attached hydrogen (secondary N) is 1. The molecule has 108 valence electrons. The van der Waals surface area contributed by atoms with Gasteiger partial charge in [-0.25, -0.2) is 0 Å². The van der Waals surface area contributed by atoms with Crippen LogP contribution in [-0.4, -0.2) is 55.8 Å². The van der Waals surface area contributed by atoms with Gasteiger partial charge in [0.2, 0.25) is 0 Å². The third kappa shape index (κ3) is 3.92. The molecule has 1 heterocycles. The SMILES string of the molecule is COCC(O)COC1CC(C)(C)[NH+](C)C(C)(C)C1. The third-order valence-corrected chi connectivity index (χ3v) is 4.39. The molecule has 1 unspecified atom stereocenters. The number of ether oxygens (including phenoxy) is 2. The molecule has 1 aliphatic rings. The number of methoxy groups -OCH3 is 1. The van der Waals surface area contributed by atoms with Crippen LogP contribution in [-0.2, 0) is 9.47 Å². The number of rotatable bonds is 5. The van der Waals surface area contributed by atoms with Crippen LogP contribution in [0.25, 0.3) is 0 Å². The summed E-state index contributed by atoms with van der Waals surface area (Å²) in [6.45, 7) is 9.83. The minimum atomic E-state index is -0.520. The molecular formula is C14H30NO3+. The summed E-state index contributed by atoms with van der Waals surface area (Å²) >= 11 is 0. The number of aliphatic hydroxyl groups is 1. The maximum atomic E-state index is 9.64. The average Bonchev–Trinajstić information content (AvgIpc) is 2.23. The van der Waals surface area contributed by atoms with E-state index in [-0.39, 0.29) is 17.2 Å². The summed E-state index contributed by atoms with van der Waals surface area (Å²) in [5, 5.41) is 9.64. The summed E-state index contributed by atoms with van der Waals surface area (Å²) in [5.41, 5.74) is 0.414. The van der Waals surface area contributed by atoms with Crippen LogP contribution in [0, 0.1) is 0 Å². The van der Waals surface area contributed by atoms with Crippen molar-refractivity contribution in [2.24, 2.45) is 0 Å². The standard InChI is InChI=1S/C14H29NO3/c1-13(2)7-12(8-14(3,4)15(13)5)18-10-11(16)9-17-6/h11-12,16H,7-10H2,1-6H3/p+1. The molecule has 1 fully saturated rings. The van der Waals surface area contributed by atoms with Gasteiger partial charge in [0.1, 0.15) is 6.10 Å². The number of quaternary nitrogens is 1. The molecule has 4 nitrogen and oxygen atoms in total. The molecule has 0 aliphatic carbocycles. The van der Waals surface area contributed by atoms with E-state index in [1.165, 1.54) is 0 Å². The third-order valence-electron chi connectivity index (χ3n) is 4.39. The van der Waals surface area contributed by atoms with Gasteiger partial charge >= 0.3 is 0 Å². The molecule has 0 radical (unpaired) electrons. The van der Waals surface area contributed by atoms with Crippen LogP contribution in [0.1, 0.15) is 40.5 Å². The molecule has 0 amide bonds. The first kappa shape index (κ1) is 15.9. The fraction of sp³-hybridized carbons (Fsp3) is 1.00. The number of piperidine rings is 1. The lowest BCUT2D eigenvalue weighted by molar-refractivity contribution is -0.983. The minimum Gasteiger partial charge on any atom is -0.388 e. The number of aliphatic hydroxyl groups excluding tert-OH is 1. The second-order valence-corrected chi connectivity index (χ2v) is 6.87. The highest BCUT2D eigenvalue weighted by Gasteiger charge is 2.47. The molecule has 0 saturated carbocycles. The van der Waals surface area contributed by atoms with Crippen LogP contribution in [0.4, 0.5) is 0 Å². The van der Waals surface area contributed by atoms with E-state index in [1.807, 2.05) is 0 Å². The Kier molecular flexibility index (Phi) is 5.18. The Morgan fingerprint density at radius 3 is 2.11 bits per heavy atom. The van der Waals surface area contributed by atoms with E-state index in [4.69, 9.17) is 9.47 Å².